The van der Waals surface area contributed by atoms with Gasteiger partial charge in [-0.2, -0.15) is 0 Å². The van der Waals surface area contributed by atoms with Crippen molar-refractivity contribution in [3.05, 3.63) is 64.7 Å². The summed E-state index contributed by atoms with van der Waals surface area (Å²) < 4.78 is 0. The van der Waals surface area contributed by atoms with Crippen LogP contribution in [0.2, 0.25) is 0 Å². The van der Waals surface area contributed by atoms with Crippen LogP contribution in [-0.4, -0.2) is 52.9 Å². The van der Waals surface area contributed by atoms with E-state index in [0.29, 0.717) is 18.5 Å². The Labute approximate surface area is 187 Å². The lowest BCUT2D eigenvalue weighted by Crippen LogP contribution is -2.30. The van der Waals surface area contributed by atoms with E-state index in [0.717, 1.165) is 36.6 Å². The highest BCUT2D eigenvalue weighted by molar-refractivity contribution is 7.99. The molecule has 0 radical (unpaired) electrons. The van der Waals surface area contributed by atoms with E-state index in [4.69, 9.17) is 5.21 Å². The predicted molar refractivity (Wildman–Crippen MR) is 124 cm³/mol. The molecule has 3 N–H and O–H groups in total. The maximum Gasteiger partial charge on any atom is 0.292 e. The number of hydrogen-bond acceptors (Lipinski definition) is 7. The number of thioether (sulfide) groups is 1. The summed E-state index contributed by atoms with van der Waals surface area (Å²) in [6.45, 7) is 1.66. The molecule has 0 bridgehead atoms. The number of nitro benzene ring substituents is 1. The molecule has 0 saturated heterocycles. The normalized spacial score (nSPS) is 11.8. The average Bonchev–Trinajstić information content (AvgIpc) is 2.79. The minimum Gasteiger partial charge on any atom is -0.376 e. The summed E-state index contributed by atoms with van der Waals surface area (Å²) in [6, 6.07) is 16.9. The first-order chi connectivity index (χ1) is 15.0. The summed E-state index contributed by atoms with van der Waals surface area (Å²) in [5.41, 5.74) is 2.25. The molecule has 0 saturated carbocycles. The fourth-order valence-corrected chi connectivity index (χ4v) is 4.09. The third-order valence-electron chi connectivity index (χ3n) is 4.83. The number of carbonyl (C=O) groups excluding carboxylic acids is 1. The van der Waals surface area contributed by atoms with Crippen molar-refractivity contribution in [3.8, 4) is 0 Å². The van der Waals surface area contributed by atoms with E-state index in [1.165, 1.54) is 6.07 Å². The number of nitro groups is 1. The van der Waals surface area contributed by atoms with E-state index in [-0.39, 0.29) is 22.6 Å². The van der Waals surface area contributed by atoms with E-state index < -0.39 is 0 Å². The molecule has 0 spiro atoms. The smallest absolute Gasteiger partial charge is 0.292 e. The monoisotopic (exact) mass is 446 g/mol. The third-order valence-corrected chi connectivity index (χ3v) is 6.01. The Kier molecular flexibility index (Phi) is 10.8. The van der Waals surface area contributed by atoms with Crippen LogP contribution in [0.15, 0.2) is 59.5 Å². The molecule has 168 valence electrons. The lowest BCUT2D eigenvalue weighted by molar-refractivity contribution is -0.384. The van der Waals surface area contributed by atoms with Crippen LogP contribution in [0.3, 0.4) is 0 Å². The zero-order valence-corrected chi connectivity index (χ0v) is 18.5. The van der Waals surface area contributed by atoms with Crippen molar-refractivity contribution in [3.63, 3.8) is 0 Å². The zero-order valence-electron chi connectivity index (χ0n) is 17.7. The van der Waals surface area contributed by atoms with Gasteiger partial charge in [-0.1, -0.05) is 30.3 Å². The van der Waals surface area contributed by atoms with Gasteiger partial charge in [0.25, 0.3) is 5.69 Å². The predicted octanol–water partition coefficient (Wildman–Crippen LogP) is 4.17. The fraction of sp³-hybridized carbons (Fsp3) is 0.409. The van der Waals surface area contributed by atoms with Gasteiger partial charge in [0, 0.05) is 29.2 Å². The number of anilines is 1. The van der Waals surface area contributed by atoms with E-state index in [1.807, 2.05) is 25.2 Å². The highest BCUT2D eigenvalue weighted by Crippen LogP contribution is 2.26. The number of para-hydroxylation sites is 2. The van der Waals surface area contributed by atoms with Gasteiger partial charge in [0.1, 0.15) is 5.69 Å². The molecule has 2 rings (SSSR count). The minimum atomic E-state index is -0.366. The highest BCUT2D eigenvalue weighted by Gasteiger charge is 2.17. The van der Waals surface area contributed by atoms with Gasteiger partial charge in [-0.15, -0.1) is 11.8 Å². The van der Waals surface area contributed by atoms with Crippen LogP contribution in [0.4, 0.5) is 11.4 Å². The molecule has 0 aliphatic carbocycles. The van der Waals surface area contributed by atoms with Crippen molar-refractivity contribution in [1.82, 2.24) is 10.4 Å². The molecule has 0 aliphatic rings. The van der Waals surface area contributed by atoms with Gasteiger partial charge >= 0.3 is 0 Å². The SMILES string of the molecule is CN(CCCCC(=O)NO)CCC(CSc1ccccc1)Nc1ccccc1[N+](=O)[O-]. The Bertz CT molecular complexity index is 822. The van der Waals surface area contributed by atoms with Crippen molar-refractivity contribution in [1.29, 1.82) is 0 Å². The zero-order chi connectivity index (χ0) is 22.5. The van der Waals surface area contributed by atoms with Crippen molar-refractivity contribution in [2.45, 2.75) is 36.6 Å². The number of nitrogens with one attached hydrogen (secondary N) is 2. The Morgan fingerprint density at radius 2 is 1.84 bits per heavy atom. The molecular formula is C22H30N4O4S. The average molecular weight is 447 g/mol. The molecule has 1 amide bonds. The lowest BCUT2D eigenvalue weighted by atomic mass is 10.2. The largest absolute Gasteiger partial charge is 0.376 e. The number of hydrogen-bond donors (Lipinski definition) is 3. The van der Waals surface area contributed by atoms with Crippen molar-refractivity contribution < 1.29 is 14.9 Å². The van der Waals surface area contributed by atoms with Crippen LogP contribution in [0.25, 0.3) is 0 Å². The summed E-state index contributed by atoms with van der Waals surface area (Å²) in [6.07, 6.45) is 2.68. The number of unbranched alkanes of at least 4 members (excludes halogenated alkanes) is 1. The summed E-state index contributed by atoms with van der Waals surface area (Å²) in [4.78, 5) is 25.4. The second kappa shape index (κ2) is 13.6. The summed E-state index contributed by atoms with van der Waals surface area (Å²) in [5, 5.41) is 23.3. The number of rotatable bonds is 14. The topological polar surface area (TPSA) is 108 Å². The molecule has 0 fully saturated rings. The second-order valence-corrected chi connectivity index (χ2v) is 8.42. The number of carbonyl (C=O) groups is 1. The van der Waals surface area contributed by atoms with E-state index in [1.54, 1.807) is 35.4 Å². The van der Waals surface area contributed by atoms with Gasteiger partial charge in [-0.25, -0.2) is 5.48 Å². The maximum absolute atomic E-state index is 11.4. The van der Waals surface area contributed by atoms with Gasteiger partial charge in [-0.05, 0) is 57.6 Å². The molecule has 2 aromatic rings. The number of benzene rings is 2. The summed E-state index contributed by atoms with van der Waals surface area (Å²) >= 11 is 1.72. The minimum absolute atomic E-state index is 0.0499. The number of hydroxylamine groups is 1. The molecule has 9 heteroatoms. The Morgan fingerprint density at radius 1 is 1.13 bits per heavy atom. The third kappa shape index (κ3) is 9.37. The van der Waals surface area contributed by atoms with Crippen LogP contribution in [0.5, 0.6) is 0 Å². The van der Waals surface area contributed by atoms with Crippen LogP contribution in [-0.2, 0) is 4.79 Å². The Balaban J connectivity index is 1.92. The first-order valence-corrected chi connectivity index (χ1v) is 11.3. The van der Waals surface area contributed by atoms with Crippen molar-refractivity contribution >= 4 is 29.0 Å². The van der Waals surface area contributed by atoms with E-state index in [2.05, 4.69) is 22.3 Å². The van der Waals surface area contributed by atoms with Gasteiger partial charge in [0.05, 0.1) is 4.92 Å². The van der Waals surface area contributed by atoms with Gasteiger partial charge < -0.3 is 10.2 Å². The molecule has 0 aliphatic heterocycles. The van der Waals surface area contributed by atoms with Crippen LogP contribution in [0.1, 0.15) is 25.7 Å². The molecule has 1 atom stereocenters. The van der Waals surface area contributed by atoms with Crippen LogP contribution >= 0.6 is 11.8 Å². The Morgan fingerprint density at radius 3 is 2.55 bits per heavy atom. The maximum atomic E-state index is 11.4. The molecule has 0 heterocycles. The molecule has 0 aromatic heterocycles. The molecule has 1 unspecified atom stereocenters. The van der Waals surface area contributed by atoms with Gasteiger partial charge in [0.15, 0.2) is 0 Å². The molecule has 31 heavy (non-hydrogen) atoms. The van der Waals surface area contributed by atoms with Crippen molar-refractivity contribution in [2.75, 3.05) is 31.2 Å². The molecule has 2 aromatic carbocycles. The number of amides is 1. The fourth-order valence-electron chi connectivity index (χ4n) is 3.10. The number of nitrogens with zero attached hydrogens (tertiary/aromatic N) is 2. The highest BCUT2D eigenvalue weighted by atomic mass is 32.2. The summed E-state index contributed by atoms with van der Waals surface area (Å²) in [7, 11) is 2.03. The van der Waals surface area contributed by atoms with E-state index in [9.17, 15) is 14.9 Å². The quantitative estimate of drug-likeness (QED) is 0.131. The molecular weight excluding hydrogens is 416 g/mol. The lowest BCUT2D eigenvalue weighted by Gasteiger charge is -2.23. The van der Waals surface area contributed by atoms with Crippen molar-refractivity contribution in [2.24, 2.45) is 0 Å². The van der Waals surface area contributed by atoms with Crippen LogP contribution < -0.4 is 10.8 Å². The molecule has 8 nitrogen and oxygen atoms in total. The first-order valence-electron chi connectivity index (χ1n) is 10.3. The van der Waals surface area contributed by atoms with Crippen LogP contribution in [0, 0.1) is 10.1 Å². The first kappa shape index (κ1) is 24.6. The standard InChI is InChI=1S/C22H30N4O4S/c1-25(15-8-7-13-22(27)24-28)16-14-18(17-31-19-9-3-2-4-10-19)23-20-11-5-6-12-21(20)26(29)30/h2-6,9-12,18,23,28H,7-8,13-17H2,1H3,(H,24,27). The Hall–Kier alpha value is -2.62. The summed E-state index contributed by atoms with van der Waals surface area (Å²) in [5.74, 6) is 0.412. The second-order valence-electron chi connectivity index (χ2n) is 7.32. The van der Waals surface area contributed by atoms with Gasteiger partial charge in [-0.3, -0.25) is 20.1 Å². The van der Waals surface area contributed by atoms with Gasteiger partial charge in [0.2, 0.25) is 5.91 Å². The van der Waals surface area contributed by atoms with E-state index >= 15 is 0 Å².